The van der Waals surface area contributed by atoms with Gasteiger partial charge < -0.3 is 25.8 Å². The summed E-state index contributed by atoms with van der Waals surface area (Å²) in [4.78, 5) is 13.3. The molecule has 4 N–H and O–H groups in total. The maximum Gasteiger partial charge on any atom is 0.268 e. The zero-order chi connectivity index (χ0) is 26.8. The zero-order valence-electron chi connectivity index (χ0n) is 22.5. The van der Waals surface area contributed by atoms with E-state index in [0.717, 1.165) is 51.4 Å². The lowest BCUT2D eigenvalue weighted by atomic mass is 9.95. The van der Waals surface area contributed by atoms with Gasteiger partial charge in [0.05, 0.1) is 7.11 Å². The van der Waals surface area contributed by atoms with E-state index < -0.39 is 0 Å². The highest BCUT2D eigenvalue weighted by Gasteiger charge is 2.21. The summed E-state index contributed by atoms with van der Waals surface area (Å²) in [5.41, 5.74) is 8.09. The fourth-order valence-electron chi connectivity index (χ4n) is 4.91. The van der Waals surface area contributed by atoms with Crippen molar-refractivity contribution in [1.29, 1.82) is 5.41 Å². The third-order valence-corrected chi connectivity index (χ3v) is 6.72. The fraction of sp³-hybridized carbons (Fsp3) is 0.355. The van der Waals surface area contributed by atoms with Crippen molar-refractivity contribution in [2.24, 2.45) is 5.73 Å². The van der Waals surface area contributed by atoms with Gasteiger partial charge in [-0.15, -0.1) is 0 Å². The van der Waals surface area contributed by atoms with E-state index in [9.17, 15) is 4.79 Å². The van der Waals surface area contributed by atoms with Crippen molar-refractivity contribution in [1.82, 2.24) is 9.88 Å². The van der Waals surface area contributed by atoms with E-state index in [0.29, 0.717) is 12.2 Å². The first-order valence-electron chi connectivity index (χ1n) is 13.2. The first kappa shape index (κ1) is 27.9. The van der Waals surface area contributed by atoms with Crippen LogP contribution in [0.15, 0.2) is 60.7 Å². The van der Waals surface area contributed by atoms with Gasteiger partial charge in [0, 0.05) is 29.7 Å². The second-order valence-corrected chi connectivity index (χ2v) is 8.93. The highest BCUT2D eigenvalue weighted by Crippen LogP contribution is 2.26. The van der Waals surface area contributed by atoms with Crippen LogP contribution in [0.25, 0.3) is 21.7 Å². The van der Waals surface area contributed by atoms with Crippen LogP contribution in [0.1, 0.15) is 67.6 Å². The van der Waals surface area contributed by atoms with Crippen molar-refractivity contribution in [2.75, 3.05) is 14.2 Å². The van der Waals surface area contributed by atoms with Crippen molar-refractivity contribution in [3.63, 3.8) is 0 Å². The van der Waals surface area contributed by atoms with Gasteiger partial charge in [0.15, 0.2) is 0 Å². The van der Waals surface area contributed by atoms with Gasteiger partial charge in [0.1, 0.15) is 11.4 Å². The van der Waals surface area contributed by atoms with Gasteiger partial charge in [-0.3, -0.25) is 4.79 Å². The van der Waals surface area contributed by atoms with Crippen LogP contribution in [0, 0.1) is 5.41 Å². The minimum Gasteiger partial charge on any atom is -0.497 e. The molecule has 4 aromatic rings. The maximum absolute atomic E-state index is 13.3. The van der Waals surface area contributed by atoms with Crippen molar-refractivity contribution in [3.05, 3.63) is 77.5 Å². The topological polar surface area (TPSA) is 93.1 Å². The van der Waals surface area contributed by atoms with Crippen LogP contribution >= 0.6 is 0 Å². The Morgan fingerprint density at radius 3 is 2.35 bits per heavy atom. The lowest BCUT2D eigenvalue weighted by Crippen LogP contribution is -2.37. The molecule has 1 fully saturated rings. The largest absolute Gasteiger partial charge is 0.497 e. The summed E-state index contributed by atoms with van der Waals surface area (Å²) in [5.74, 6) is 0.826. The Kier molecular flexibility index (Phi) is 10.3. The van der Waals surface area contributed by atoms with Gasteiger partial charge in [-0.25, -0.2) is 0 Å². The summed E-state index contributed by atoms with van der Waals surface area (Å²) in [7, 11) is 3.18. The molecule has 0 aliphatic heterocycles. The first-order chi connectivity index (χ1) is 18.1. The Morgan fingerprint density at radius 1 is 0.973 bits per heavy atom. The van der Waals surface area contributed by atoms with E-state index >= 15 is 0 Å². The molecule has 1 saturated carbocycles. The van der Waals surface area contributed by atoms with Crippen molar-refractivity contribution in [2.45, 2.75) is 58.5 Å². The normalized spacial score (nSPS) is 13.2. The maximum atomic E-state index is 13.3. The molecule has 1 aliphatic carbocycles. The van der Waals surface area contributed by atoms with E-state index in [4.69, 9.17) is 10.1 Å². The number of aromatic nitrogens is 1. The first-order valence-corrected chi connectivity index (χ1v) is 13.2. The quantitative estimate of drug-likeness (QED) is 0.263. The molecule has 5 rings (SSSR count). The third kappa shape index (κ3) is 6.57. The van der Waals surface area contributed by atoms with Crippen LogP contribution in [0.4, 0.5) is 0 Å². The predicted molar refractivity (Wildman–Crippen MR) is 155 cm³/mol. The lowest BCUT2D eigenvalue weighted by molar-refractivity contribution is 0.0919. The molecule has 0 atom stereocenters. The second kappa shape index (κ2) is 13.6. The molecule has 1 aromatic heterocycles. The molecule has 1 heterocycles. The average Bonchev–Trinajstić information content (AvgIpc) is 3.32. The number of hydrogen-bond donors (Lipinski definition) is 3. The molecule has 0 unspecified atom stereocenters. The van der Waals surface area contributed by atoms with Crippen molar-refractivity contribution < 1.29 is 9.53 Å². The molecule has 37 heavy (non-hydrogen) atoms. The fourth-order valence-corrected chi connectivity index (χ4v) is 4.91. The highest BCUT2D eigenvalue weighted by atomic mass is 16.5. The van der Waals surface area contributed by atoms with Crippen LogP contribution in [0.2, 0.25) is 0 Å². The number of nitrogens with zero attached hydrogens (tertiary/aromatic N) is 1. The third-order valence-electron chi connectivity index (χ3n) is 6.72. The molecular formula is C31H40N4O2. The molecule has 3 aromatic carbocycles. The van der Waals surface area contributed by atoms with Crippen LogP contribution in [0.3, 0.4) is 0 Å². The van der Waals surface area contributed by atoms with E-state index in [1.54, 1.807) is 7.11 Å². The highest BCUT2D eigenvalue weighted by molar-refractivity contribution is 6.00. The Labute approximate surface area is 220 Å². The number of amides is 1. The predicted octanol–water partition coefficient (Wildman–Crippen LogP) is 6.51. The number of rotatable bonds is 6. The smallest absolute Gasteiger partial charge is 0.268 e. The van der Waals surface area contributed by atoms with E-state index in [1.165, 1.54) is 32.5 Å². The Hall–Kier alpha value is -3.64. The number of carbonyl (C=O) groups excluding carboxylic acids is 1. The van der Waals surface area contributed by atoms with Gasteiger partial charge in [-0.1, -0.05) is 63.4 Å². The lowest BCUT2D eigenvalue weighted by Gasteiger charge is -2.23. The van der Waals surface area contributed by atoms with E-state index in [1.807, 2.05) is 50.2 Å². The molecular weight excluding hydrogens is 460 g/mol. The summed E-state index contributed by atoms with van der Waals surface area (Å²) in [6, 6.07) is 20.6. The van der Waals surface area contributed by atoms with E-state index in [2.05, 4.69) is 39.9 Å². The monoisotopic (exact) mass is 500 g/mol. The number of nitrogens with one attached hydrogen (secondary N) is 2. The van der Waals surface area contributed by atoms with Crippen LogP contribution < -0.4 is 15.8 Å². The van der Waals surface area contributed by atoms with Crippen LogP contribution in [-0.2, 0) is 6.54 Å². The molecule has 1 aliphatic rings. The molecule has 6 heteroatoms. The number of methoxy groups -OCH3 is 1. The molecule has 196 valence electrons. The summed E-state index contributed by atoms with van der Waals surface area (Å²) < 4.78 is 7.43. The molecule has 0 saturated heterocycles. The van der Waals surface area contributed by atoms with Crippen LogP contribution in [0.5, 0.6) is 5.75 Å². The number of carbonyl (C=O) groups is 1. The Morgan fingerprint density at radius 2 is 1.65 bits per heavy atom. The summed E-state index contributed by atoms with van der Waals surface area (Å²) >= 11 is 0. The van der Waals surface area contributed by atoms with Gasteiger partial charge in [0.2, 0.25) is 0 Å². The summed E-state index contributed by atoms with van der Waals surface area (Å²) in [5, 5.41) is 14.2. The van der Waals surface area contributed by atoms with Gasteiger partial charge >= 0.3 is 0 Å². The number of benzene rings is 3. The minimum absolute atomic E-state index is 0.0139. The average molecular weight is 501 g/mol. The second-order valence-electron chi connectivity index (χ2n) is 8.93. The van der Waals surface area contributed by atoms with E-state index in [-0.39, 0.29) is 11.9 Å². The molecule has 0 radical (unpaired) electrons. The Bertz CT molecular complexity index is 1340. The number of ether oxygens (including phenoxy) is 1. The van der Waals surface area contributed by atoms with Gasteiger partial charge in [-0.2, -0.15) is 0 Å². The van der Waals surface area contributed by atoms with Gasteiger partial charge in [-0.05, 0) is 72.1 Å². The minimum atomic E-state index is -0.0139. The van der Waals surface area contributed by atoms with Crippen LogP contribution in [-0.4, -0.2) is 36.9 Å². The molecule has 0 bridgehead atoms. The SMILES string of the molecule is CC.CN.COc1ccc2cc(Cn3c(C(=O)NC4CCCCC4)cc4ccc(C=N)cc43)ccc2c1. The molecule has 6 nitrogen and oxygen atoms in total. The zero-order valence-corrected chi connectivity index (χ0v) is 22.5. The number of fused-ring (bicyclic) bond motifs is 2. The summed E-state index contributed by atoms with van der Waals surface area (Å²) in [6.45, 7) is 4.58. The van der Waals surface area contributed by atoms with Crippen molar-refractivity contribution in [3.8, 4) is 5.75 Å². The molecule has 0 spiro atoms. The summed E-state index contributed by atoms with van der Waals surface area (Å²) in [6.07, 6.45) is 7.07. The standard InChI is InChI=1S/C28H29N3O2.C2H6.CH5N/c1-33-25-12-11-21-13-20(8-9-22(21)15-25)18-31-26-14-19(17-29)7-10-23(26)16-27(31)28(32)30-24-5-3-2-4-6-24;2*1-2/h7-17,24,29H,2-6,18H2,1H3,(H,30,32);1-2H3;2H2,1H3. The van der Waals surface area contributed by atoms with Crippen molar-refractivity contribution >= 4 is 33.8 Å². The van der Waals surface area contributed by atoms with Gasteiger partial charge in [0.25, 0.3) is 5.91 Å². The number of nitrogens with two attached hydrogens (primary N) is 1. The molecule has 1 amide bonds. The number of hydrogen-bond acceptors (Lipinski definition) is 4. The Balaban J connectivity index is 0.000000907.